The highest BCUT2D eigenvalue weighted by Gasteiger charge is 2.33. The molecule has 2 aliphatic rings. The number of H-pyrrole nitrogens is 1. The van der Waals surface area contributed by atoms with Gasteiger partial charge in [0.15, 0.2) is 5.82 Å². The van der Waals surface area contributed by atoms with Crippen molar-refractivity contribution in [3.05, 3.63) is 56.5 Å². The van der Waals surface area contributed by atoms with Crippen LogP contribution in [-0.4, -0.2) is 54.8 Å². The van der Waals surface area contributed by atoms with Crippen LogP contribution in [0.2, 0.25) is 0 Å². The predicted octanol–water partition coefficient (Wildman–Crippen LogP) is 3.37. The molecule has 0 unspecified atom stereocenters. The summed E-state index contributed by atoms with van der Waals surface area (Å²) in [5.41, 5.74) is -0.511. The standard InChI is InChI=1S/C25H24F2N4O3/c1-29-8-10-30(11-9-29)23-16(26)12-15-22(19(23)27)31(13-6-7-13)21-14-4-3-5-17(34-2)20(14)28-25(33)18(21)24(15)32/h3-5,12-13H,6-11H2,1-2H3,(H,28,33). The minimum atomic E-state index is -0.785. The van der Waals surface area contributed by atoms with Gasteiger partial charge in [-0.25, -0.2) is 8.78 Å². The lowest BCUT2D eigenvalue weighted by atomic mass is 10.0. The van der Waals surface area contributed by atoms with Crippen molar-refractivity contribution in [3.8, 4) is 5.75 Å². The molecule has 4 aromatic rings. The van der Waals surface area contributed by atoms with Crippen LogP contribution < -0.4 is 20.6 Å². The summed E-state index contributed by atoms with van der Waals surface area (Å²) >= 11 is 0. The average Bonchev–Trinajstić information content (AvgIpc) is 3.66. The van der Waals surface area contributed by atoms with Crippen LogP contribution in [0.15, 0.2) is 33.9 Å². The number of nitrogens with one attached hydrogen (secondary N) is 1. The number of aromatic amines is 1. The topological polar surface area (TPSA) is 70.6 Å². The Kier molecular flexibility index (Phi) is 4.67. The minimum absolute atomic E-state index is 0.0602. The van der Waals surface area contributed by atoms with Gasteiger partial charge < -0.3 is 24.1 Å². The first kappa shape index (κ1) is 21.1. The molecule has 0 spiro atoms. The normalized spacial score (nSPS) is 17.2. The fourth-order valence-electron chi connectivity index (χ4n) is 5.18. The summed E-state index contributed by atoms with van der Waals surface area (Å²) in [6.45, 7) is 2.33. The largest absolute Gasteiger partial charge is 0.495 e. The number of para-hydroxylation sites is 1. The molecule has 1 saturated carbocycles. The zero-order valence-electron chi connectivity index (χ0n) is 19.0. The van der Waals surface area contributed by atoms with E-state index < -0.39 is 22.6 Å². The zero-order chi connectivity index (χ0) is 23.7. The smallest absolute Gasteiger partial charge is 0.261 e. The van der Waals surface area contributed by atoms with E-state index in [2.05, 4.69) is 9.88 Å². The van der Waals surface area contributed by atoms with Gasteiger partial charge in [-0.1, -0.05) is 12.1 Å². The molecule has 6 rings (SSSR count). The summed E-state index contributed by atoms with van der Waals surface area (Å²) in [6, 6.07) is 6.28. The average molecular weight is 466 g/mol. The van der Waals surface area contributed by atoms with Crippen molar-refractivity contribution in [1.29, 1.82) is 0 Å². The Bertz CT molecular complexity index is 1600. The number of anilines is 1. The highest BCUT2D eigenvalue weighted by molar-refractivity contribution is 6.09. The fraction of sp³-hybridized carbons (Fsp3) is 0.360. The molecule has 2 fully saturated rings. The van der Waals surface area contributed by atoms with Crippen molar-refractivity contribution in [2.75, 3.05) is 45.2 Å². The molecule has 1 aliphatic heterocycles. The Morgan fingerprint density at radius 1 is 1.03 bits per heavy atom. The molecule has 1 aliphatic carbocycles. The number of piperazine rings is 1. The van der Waals surface area contributed by atoms with Gasteiger partial charge in [-0.3, -0.25) is 9.59 Å². The predicted molar refractivity (Wildman–Crippen MR) is 128 cm³/mol. The number of pyridine rings is 2. The summed E-state index contributed by atoms with van der Waals surface area (Å²) < 4.78 is 38.7. The van der Waals surface area contributed by atoms with Gasteiger partial charge in [0.2, 0.25) is 5.43 Å². The van der Waals surface area contributed by atoms with Crippen LogP contribution in [0.1, 0.15) is 18.9 Å². The van der Waals surface area contributed by atoms with Crippen LogP contribution in [0.4, 0.5) is 14.5 Å². The number of benzene rings is 2. The first-order valence-electron chi connectivity index (χ1n) is 11.4. The number of methoxy groups -OCH3 is 1. The lowest BCUT2D eigenvalue weighted by Gasteiger charge is -2.34. The molecule has 2 aromatic heterocycles. The molecular weight excluding hydrogens is 442 g/mol. The number of fused-ring (bicyclic) bond motifs is 4. The highest BCUT2D eigenvalue weighted by atomic mass is 19.1. The second-order valence-corrected chi connectivity index (χ2v) is 9.20. The van der Waals surface area contributed by atoms with E-state index in [4.69, 9.17) is 4.74 Å². The molecule has 0 bridgehead atoms. The minimum Gasteiger partial charge on any atom is -0.495 e. The summed E-state index contributed by atoms with van der Waals surface area (Å²) in [6.07, 6.45) is 1.57. The van der Waals surface area contributed by atoms with Crippen LogP contribution in [0, 0.1) is 11.6 Å². The van der Waals surface area contributed by atoms with Gasteiger partial charge >= 0.3 is 0 Å². The van der Waals surface area contributed by atoms with Crippen molar-refractivity contribution >= 4 is 38.4 Å². The van der Waals surface area contributed by atoms with Crippen molar-refractivity contribution in [1.82, 2.24) is 14.5 Å². The molecule has 0 radical (unpaired) electrons. The molecule has 0 atom stereocenters. The van der Waals surface area contributed by atoms with E-state index in [0.717, 1.165) is 18.9 Å². The Hall–Kier alpha value is -3.46. The molecule has 2 aromatic carbocycles. The Labute approximate surface area is 193 Å². The van der Waals surface area contributed by atoms with Crippen molar-refractivity contribution in [2.45, 2.75) is 18.9 Å². The van der Waals surface area contributed by atoms with Gasteiger partial charge in [0.1, 0.15) is 22.6 Å². The van der Waals surface area contributed by atoms with Crippen molar-refractivity contribution < 1.29 is 13.5 Å². The van der Waals surface area contributed by atoms with Gasteiger partial charge in [-0.15, -0.1) is 0 Å². The van der Waals surface area contributed by atoms with Gasteiger partial charge in [0, 0.05) is 37.6 Å². The number of ether oxygens (including phenoxy) is 1. The fourth-order valence-corrected chi connectivity index (χ4v) is 5.18. The molecule has 7 nitrogen and oxygen atoms in total. The summed E-state index contributed by atoms with van der Waals surface area (Å²) in [7, 11) is 3.47. The molecule has 1 N–H and O–H groups in total. The third-order valence-electron chi connectivity index (χ3n) is 7.06. The lowest BCUT2D eigenvalue weighted by Crippen LogP contribution is -2.45. The number of hydrogen-bond donors (Lipinski definition) is 1. The quantitative estimate of drug-likeness (QED) is 0.370. The van der Waals surface area contributed by atoms with E-state index in [-0.39, 0.29) is 28.0 Å². The number of hydrogen-bond acceptors (Lipinski definition) is 5. The maximum Gasteiger partial charge on any atom is 0.261 e. The molecule has 3 heterocycles. The van der Waals surface area contributed by atoms with Gasteiger partial charge in [-0.05, 0) is 32.0 Å². The number of rotatable bonds is 3. The third kappa shape index (κ3) is 2.96. The Morgan fingerprint density at radius 3 is 2.44 bits per heavy atom. The summed E-state index contributed by atoms with van der Waals surface area (Å²) in [5.74, 6) is -1.09. The first-order valence-corrected chi connectivity index (χ1v) is 11.4. The summed E-state index contributed by atoms with van der Waals surface area (Å²) in [4.78, 5) is 33.2. The molecule has 0 amide bonds. The molecular formula is C25H24F2N4O3. The summed E-state index contributed by atoms with van der Waals surface area (Å²) in [5, 5.41) is 0.385. The number of likely N-dealkylation sites (N-methyl/N-ethyl adjacent to an activating group) is 1. The molecule has 176 valence electrons. The highest BCUT2D eigenvalue weighted by Crippen LogP contribution is 2.43. The SMILES string of the molecule is COc1cccc2c1[nH]c(=O)c1c(=O)c3cc(F)c(N4CCN(C)CC4)c(F)c3n(C3CC3)c12. The van der Waals surface area contributed by atoms with Gasteiger partial charge in [0.25, 0.3) is 5.56 Å². The van der Waals surface area contributed by atoms with Gasteiger partial charge in [0.05, 0.1) is 29.0 Å². The Balaban J connectivity index is 1.79. The molecule has 9 heteroatoms. The van der Waals surface area contributed by atoms with E-state index >= 15 is 8.78 Å². The maximum absolute atomic E-state index is 16.2. The molecule has 1 saturated heterocycles. The zero-order valence-corrected chi connectivity index (χ0v) is 19.0. The van der Waals surface area contributed by atoms with Crippen LogP contribution in [0.5, 0.6) is 5.75 Å². The van der Waals surface area contributed by atoms with E-state index in [1.807, 2.05) is 7.05 Å². The van der Waals surface area contributed by atoms with Crippen LogP contribution >= 0.6 is 0 Å². The van der Waals surface area contributed by atoms with Crippen molar-refractivity contribution in [2.24, 2.45) is 0 Å². The van der Waals surface area contributed by atoms with E-state index in [1.165, 1.54) is 7.11 Å². The van der Waals surface area contributed by atoms with Crippen LogP contribution in [0.25, 0.3) is 32.7 Å². The first-order chi connectivity index (χ1) is 16.4. The second kappa shape index (κ2) is 7.53. The van der Waals surface area contributed by atoms with E-state index in [1.54, 1.807) is 27.7 Å². The number of aromatic nitrogens is 2. The van der Waals surface area contributed by atoms with Crippen molar-refractivity contribution in [3.63, 3.8) is 0 Å². The molecule has 34 heavy (non-hydrogen) atoms. The lowest BCUT2D eigenvalue weighted by molar-refractivity contribution is 0.310. The Morgan fingerprint density at radius 2 is 1.76 bits per heavy atom. The van der Waals surface area contributed by atoms with E-state index in [0.29, 0.717) is 48.3 Å². The van der Waals surface area contributed by atoms with E-state index in [9.17, 15) is 9.59 Å². The van der Waals surface area contributed by atoms with Crippen LogP contribution in [0.3, 0.4) is 0 Å². The monoisotopic (exact) mass is 466 g/mol. The third-order valence-corrected chi connectivity index (χ3v) is 7.06. The maximum atomic E-state index is 16.2. The number of halogens is 2. The van der Waals surface area contributed by atoms with Crippen LogP contribution in [-0.2, 0) is 0 Å². The second-order valence-electron chi connectivity index (χ2n) is 9.20. The van der Waals surface area contributed by atoms with Gasteiger partial charge in [-0.2, -0.15) is 0 Å². The number of nitrogens with zero attached hydrogens (tertiary/aromatic N) is 3.